The molecule has 0 fully saturated rings. The number of hydrogen-bond acceptors (Lipinski definition) is 4. The third-order valence-corrected chi connectivity index (χ3v) is 7.56. The highest BCUT2D eigenvalue weighted by Crippen LogP contribution is 2.44. The average molecular weight is 522 g/mol. The first-order chi connectivity index (χ1) is 18.7. The number of aliphatic hydroxyl groups is 2. The molecule has 5 heteroatoms. The van der Waals surface area contributed by atoms with E-state index in [0.717, 1.165) is 24.0 Å². The van der Waals surface area contributed by atoms with Crippen LogP contribution < -0.4 is 5.32 Å². The van der Waals surface area contributed by atoms with E-state index in [0.29, 0.717) is 0 Å². The second kappa shape index (κ2) is 17.1. The van der Waals surface area contributed by atoms with Gasteiger partial charge in [-0.25, -0.2) is 4.79 Å². The number of hydrogen-bond donors (Lipinski definition) is 3. The molecule has 0 bridgehead atoms. The largest absolute Gasteiger partial charge is 0.449 e. The highest BCUT2D eigenvalue weighted by molar-refractivity contribution is 5.79. The Labute approximate surface area is 229 Å². The molecule has 2 aromatic rings. The van der Waals surface area contributed by atoms with Gasteiger partial charge in [0, 0.05) is 5.92 Å². The van der Waals surface area contributed by atoms with Crippen LogP contribution in [-0.4, -0.2) is 41.7 Å². The maximum Gasteiger partial charge on any atom is 0.407 e. The van der Waals surface area contributed by atoms with Crippen molar-refractivity contribution in [1.29, 1.82) is 0 Å². The zero-order chi connectivity index (χ0) is 27.0. The number of ether oxygens (including phenoxy) is 1. The first kappa shape index (κ1) is 29.9. The normalized spacial score (nSPS) is 14.3. The number of benzene rings is 2. The molecule has 0 saturated carbocycles. The summed E-state index contributed by atoms with van der Waals surface area (Å²) < 4.78 is 5.55. The van der Waals surface area contributed by atoms with E-state index < -0.39 is 18.2 Å². The van der Waals surface area contributed by atoms with Gasteiger partial charge in [-0.3, -0.25) is 0 Å². The summed E-state index contributed by atoms with van der Waals surface area (Å²) in [4.78, 5) is 12.5. The molecule has 2 aromatic carbocycles. The third kappa shape index (κ3) is 9.28. The lowest BCUT2D eigenvalue weighted by atomic mass is 9.98. The molecule has 3 rings (SSSR count). The van der Waals surface area contributed by atoms with E-state index in [2.05, 4.69) is 36.5 Å². The minimum atomic E-state index is -0.965. The number of carbonyl (C=O) groups is 1. The lowest BCUT2D eigenvalue weighted by Gasteiger charge is -2.21. The van der Waals surface area contributed by atoms with Gasteiger partial charge in [0.05, 0.1) is 18.8 Å². The van der Waals surface area contributed by atoms with Crippen LogP contribution in [0.4, 0.5) is 4.79 Å². The smallest absolute Gasteiger partial charge is 0.407 e. The first-order valence-corrected chi connectivity index (χ1v) is 14.7. The van der Waals surface area contributed by atoms with Gasteiger partial charge in [-0.15, -0.1) is 0 Å². The molecule has 1 amide bonds. The van der Waals surface area contributed by atoms with Gasteiger partial charge in [0.2, 0.25) is 0 Å². The van der Waals surface area contributed by atoms with Gasteiger partial charge < -0.3 is 20.3 Å². The first-order valence-electron chi connectivity index (χ1n) is 14.7. The van der Waals surface area contributed by atoms with E-state index >= 15 is 0 Å². The number of rotatable bonds is 18. The van der Waals surface area contributed by atoms with Crippen LogP contribution in [0.15, 0.2) is 60.7 Å². The van der Waals surface area contributed by atoms with Crippen LogP contribution in [0.3, 0.4) is 0 Å². The molecule has 1 aliphatic rings. The number of unbranched alkanes of at least 4 members (excludes halogenated alkanes) is 11. The molecule has 2 unspecified atom stereocenters. The molecule has 0 saturated heterocycles. The summed E-state index contributed by atoms with van der Waals surface area (Å²) in [7, 11) is 0. The molecule has 38 heavy (non-hydrogen) atoms. The summed E-state index contributed by atoms with van der Waals surface area (Å²) in [5, 5.41) is 22.8. The summed E-state index contributed by atoms with van der Waals surface area (Å²) in [5.74, 6) is -0.0312. The van der Waals surface area contributed by atoms with Crippen LogP contribution in [0.2, 0.25) is 0 Å². The van der Waals surface area contributed by atoms with Crippen LogP contribution in [0.1, 0.15) is 101 Å². The Bertz CT molecular complexity index is 943. The number of nitrogens with one attached hydrogen (secondary N) is 1. The molecular weight excluding hydrogens is 474 g/mol. The lowest BCUT2D eigenvalue weighted by molar-refractivity contribution is 0.0990. The van der Waals surface area contributed by atoms with E-state index in [1.165, 1.54) is 75.3 Å². The predicted octanol–water partition coefficient (Wildman–Crippen LogP) is 7.50. The van der Waals surface area contributed by atoms with Crippen molar-refractivity contribution in [1.82, 2.24) is 5.32 Å². The van der Waals surface area contributed by atoms with Crippen LogP contribution in [-0.2, 0) is 4.74 Å². The Morgan fingerprint density at radius 1 is 0.868 bits per heavy atom. The molecule has 0 heterocycles. The maximum atomic E-state index is 12.5. The molecule has 5 nitrogen and oxygen atoms in total. The van der Waals surface area contributed by atoms with Crippen LogP contribution in [0, 0.1) is 0 Å². The van der Waals surface area contributed by atoms with Gasteiger partial charge in [-0.05, 0) is 35.1 Å². The van der Waals surface area contributed by atoms with Gasteiger partial charge in [-0.1, -0.05) is 132 Å². The predicted molar refractivity (Wildman–Crippen MR) is 155 cm³/mol. The van der Waals surface area contributed by atoms with Gasteiger partial charge in [-0.2, -0.15) is 0 Å². The molecule has 0 spiro atoms. The van der Waals surface area contributed by atoms with Gasteiger partial charge in [0.1, 0.15) is 6.61 Å². The number of fused-ring (bicyclic) bond motifs is 3. The number of carbonyl (C=O) groups excluding carboxylic acids is 1. The molecule has 3 N–H and O–H groups in total. The summed E-state index contributed by atoms with van der Waals surface area (Å²) in [5.41, 5.74) is 4.63. The second-order valence-corrected chi connectivity index (χ2v) is 10.5. The molecule has 208 valence electrons. The van der Waals surface area contributed by atoms with E-state index in [1.54, 1.807) is 6.08 Å². The van der Waals surface area contributed by atoms with Crippen molar-refractivity contribution in [2.75, 3.05) is 13.2 Å². The van der Waals surface area contributed by atoms with E-state index in [1.807, 2.05) is 30.3 Å². The van der Waals surface area contributed by atoms with Crippen LogP contribution >= 0.6 is 0 Å². The molecular formula is C33H47NO4. The quantitative estimate of drug-likeness (QED) is 0.140. The van der Waals surface area contributed by atoms with E-state index in [9.17, 15) is 15.0 Å². The highest BCUT2D eigenvalue weighted by atomic mass is 16.5. The number of aliphatic hydroxyl groups excluding tert-OH is 2. The zero-order valence-electron chi connectivity index (χ0n) is 23.1. The number of alkyl carbamates (subject to hydrolysis) is 1. The van der Waals surface area contributed by atoms with Crippen LogP contribution in [0.5, 0.6) is 0 Å². The van der Waals surface area contributed by atoms with Crippen molar-refractivity contribution in [2.45, 2.75) is 102 Å². The minimum Gasteiger partial charge on any atom is -0.449 e. The minimum absolute atomic E-state index is 0.0312. The molecule has 0 aromatic heterocycles. The summed E-state index contributed by atoms with van der Waals surface area (Å²) in [6.45, 7) is 2.09. The number of amides is 1. The second-order valence-electron chi connectivity index (χ2n) is 10.5. The topological polar surface area (TPSA) is 78.8 Å². The monoisotopic (exact) mass is 521 g/mol. The SMILES string of the molecule is CCCCCCCCCCCCC/C=C/C(O)C(CO)NC(=O)OCC1c2ccccc2-c2ccccc21. The van der Waals surface area contributed by atoms with Crippen LogP contribution in [0.25, 0.3) is 11.1 Å². The Hall–Kier alpha value is -2.63. The van der Waals surface area contributed by atoms with Crippen molar-refractivity contribution in [3.8, 4) is 11.1 Å². The van der Waals surface area contributed by atoms with Crippen molar-refractivity contribution < 1.29 is 19.7 Å². The average Bonchev–Trinajstić information content (AvgIpc) is 3.26. The highest BCUT2D eigenvalue weighted by Gasteiger charge is 2.29. The Kier molecular flexibility index (Phi) is 13.4. The summed E-state index contributed by atoms with van der Waals surface area (Å²) in [6, 6.07) is 15.6. The van der Waals surface area contributed by atoms with Crippen molar-refractivity contribution in [2.24, 2.45) is 0 Å². The fourth-order valence-corrected chi connectivity index (χ4v) is 5.33. The van der Waals surface area contributed by atoms with E-state index in [-0.39, 0.29) is 19.1 Å². The van der Waals surface area contributed by atoms with Crippen molar-refractivity contribution in [3.05, 3.63) is 71.8 Å². The molecule has 1 aliphatic carbocycles. The maximum absolute atomic E-state index is 12.5. The Balaban J connectivity index is 1.32. The standard InChI is InChI=1S/C33H47NO4/c1-2-3-4-5-6-7-8-9-10-11-12-13-14-23-32(36)31(24-35)34-33(37)38-25-30-28-21-17-15-19-26(28)27-20-16-18-22-29(27)30/h14-23,30-32,35-36H,2-13,24-25H2,1H3,(H,34,37)/b23-14+. The van der Waals surface area contributed by atoms with Crippen molar-refractivity contribution >= 4 is 6.09 Å². The van der Waals surface area contributed by atoms with E-state index in [4.69, 9.17) is 4.74 Å². The van der Waals surface area contributed by atoms with Gasteiger partial charge in [0.25, 0.3) is 0 Å². The lowest BCUT2D eigenvalue weighted by Crippen LogP contribution is -2.45. The molecule has 0 radical (unpaired) electrons. The van der Waals surface area contributed by atoms with Gasteiger partial charge >= 0.3 is 6.09 Å². The zero-order valence-corrected chi connectivity index (χ0v) is 23.1. The molecule has 2 atom stereocenters. The molecule has 0 aliphatic heterocycles. The third-order valence-electron chi connectivity index (χ3n) is 7.56. The van der Waals surface area contributed by atoms with Crippen molar-refractivity contribution in [3.63, 3.8) is 0 Å². The fourth-order valence-electron chi connectivity index (χ4n) is 5.33. The summed E-state index contributed by atoms with van der Waals surface area (Å²) >= 11 is 0. The van der Waals surface area contributed by atoms with Gasteiger partial charge in [0.15, 0.2) is 0 Å². The Morgan fingerprint density at radius 3 is 1.95 bits per heavy atom. The fraction of sp³-hybridized carbons (Fsp3) is 0.545. The number of allylic oxidation sites excluding steroid dienone is 1. The summed E-state index contributed by atoms with van der Waals surface area (Å²) in [6.07, 6.45) is 17.2. The Morgan fingerprint density at radius 2 is 1.39 bits per heavy atom.